The SMILES string of the molecule is CCCC1CNC(=O)C(C)=C1O. The highest BCUT2D eigenvalue weighted by Crippen LogP contribution is 2.20. The second-order valence-corrected chi connectivity index (χ2v) is 3.21. The van der Waals surface area contributed by atoms with E-state index in [0.717, 1.165) is 12.8 Å². The molecule has 68 valence electrons. The van der Waals surface area contributed by atoms with Gasteiger partial charge < -0.3 is 10.4 Å². The van der Waals surface area contributed by atoms with E-state index in [-0.39, 0.29) is 17.6 Å². The van der Waals surface area contributed by atoms with Crippen molar-refractivity contribution >= 4 is 5.91 Å². The van der Waals surface area contributed by atoms with Gasteiger partial charge in [0.25, 0.3) is 0 Å². The Bertz CT molecular complexity index is 221. The van der Waals surface area contributed by atoms with E-state index < -0.39 is 0 Å². The second-order valence-electron chi connectivity index (χ2n) is 3.21. The second kappa shape index (κ2) is 3.61. The van der Waals surface area contributed by atoms with Gasteiger partial charge in [0.2, 0.25) is 5.91 Å². The highest BCUT2D eigenvalue weighted by atomic mass is 16.3. The van der Waals surface area contributed by atoms with Crippen molar-refractivity contribution in [3.63, 3.8) is 0 Å². The smallest absolute Gasteiger partial charge is 0.250 e. The standard InChI is InChI=1S/C9H15NO2/c1-3-4-7-5-10-9(12)6(2)8(7)11/h7,11H,3-5H2,1-2H3,(H,10,12). The first-order chi connectivity index (χ1) is 5.66. The van der Waals surface area contributed by atoms with Gasteiger partial charge in [-0.3, -0.25) is 4.79 Å². The Morgan fingerprint density at radius 3 is 2.92 bits per heavy atom. The van der Waals surface area contributed by atoms with E-state index in [9.17, 15) is 9.90 Å². The molecule has 0 saturated carbocycles. The molecule has 3 nitrogen and oxygen atoms in total. The number of carbonyl (C=O) groups is 1. The molecule has 0 aromatic heterocycles. The highest BCUT2D eigenvalue weighted by molar-refractivity contribution is 5.94. The third-order valence-corrected chi connectivity index (χ3v) is 2.26. The van der Waals surface area contributed by atoms with Crippen molar-refractivity contribution in [2.75, 3.05) is 6.54 Å². The Hall–Kier alpha value is -0.990. The van der Waals surface area contributed by atoms with E-state index in [4.69, 9.17) is 0 Å². The predicted octanol–water partition coefficient (Wildman–Crippen LogP) is 1.36. The molecule has 3 heteroatoms. The van der Waals surface area contributed by atoms with Crippen molar-refractivity contribution < 1.29 is 9.90 Å². The fourth-order valence-corrected chi connectivity index (χ4v) is 1.45. The molecule has 1 aliphatic rings. The third kappa shape index (κ3) is 1.60. The molecule has 0 bridgehead atoms. The molecule has 1 unspecified atom stereocenters. The van der Waals surface area contributed by atoms with Crippen molar-refractivity contribution in [3.05, 3.63) is 11.3 Å². The minimum Gasteiger partial charge on any atom is -0.511 e. The predicted molar refractivity (Wildman–Crippen MR) is 46.7 cm³/mol. The molecule has 0 aliphatic carbocycles. The van der Waals surface area contributed by atoms with Crippen molar-refractivity contribution in [2.24, 2.45) is 5.92 Å². The number of carbonyl (C=O) groups excluding carboxylic acids is 1. The molecule has 1 amide bonds. The van der Waals surface area contributed by atoms with Crippen LogP contribution in [0.5, 0.6) is 0 Å². The molecule has 0 saturated heterocycles. The van der Waals surface area contributed by atoms with Crippen molar-refractivity contribution in [2.45, 2.75) is 26.7 Å². The molecule has 0 aromatic carbocycles. The molecule has 1 heterocycles. The topological polar surface area (TPSA) is 49.3 Å². The van der Waals surface area contributed by atoms with Gasteiger partial charge in [-0.2, -0.15) is 0 Å². The maximum Gasteiger partial charge on any atom is 0.250 e. The third-order valence-electron chi connectivity index (χ3n) is 2.26. The average molecular weight is 169 g/mol. The number of nitrogens with one attached hydrogen (secondary N) is 1. The monoisotopic (exact) mass is 169 g/mol. The molecule has 0 radical (unpaired) electrons. The molecular formula is C9H15NO2. The fraction of sp³-hybridized carbons (Fsp3) is 0.667. The zero-order chi connectivity index (χ0) is 9.14. The summed E-state index contributed by atoms with van der Waals surface area (Å²) in [5.74, 6) is 0.271. The van der Waals surface area contributed by atoms with E-state index in [1.807, 2.05) is 0 Å². The minimum atomic E-state index is -0.139. The summed E-state index contributed by atoms with van der Waals surface area (Å²) in [6.45, 7) is 4.31. The normalized spacial score (nSPS) is 24.2. The summed E-state index contributed by atoms with van der Waals surface area (Å²) in [5, 5.41) is 12.3. The van der Waals surface area contributed by atoms with Crippen LogP contribution < -0.4 is 5.32 Å². The number of aliphatic hydroxyl groups is 1. The first kappa shape index (κ1) is 9.10. The van der Waals surface area contributed by atoms with Crippen LogP contribution in [0.4, 0.5) is 0 Å². The van der Waals surface area contributed by atoms with E-state index in [1.54, 1.807) is 6.92 Å². The van der Waals surface area contributed by atoms with E-state index >= 15 is 0 Å². The van der Waals surface area contributed by atoms with Gasteiger partial charge in [0.1, 0.15) is 5.76 Å². The van der Waals surface area contributed by atoms with Gasteiger partial charge in [0.15, 0.2) is 0 Å². The fourth-order valence-electron chi connectivity index (χ4n) is 1.45. The van der Waals surface area contributed by atoms with Gasteiger partial charge in [0, 0.05) is 12.5 Å². The number of hydrogen-bond acceptors (Lipinski definition) is 2. The van der Waals surface area contributed by atoms with Gasteiger partial charge in [-0.1, -0.05) is 13.3 Å². The summed E-state index contributed by atoms with van der Waals surface area (Å²) >= 11 is 0. The Labute approximate surface area is 72.5 Å². The van der Waals surface area contributed by atoms with E-state index in [0.29, 0.717) is 12.1 Å². The number of rotatable bonds is 2. The summed E-state index contributed by atoms with van der Waals surface area (Å²) in [7, 11) is 0. The lowest BCUT2D eigenvalue weighted by atomic mass is 9.95. The molecule has 0 aromatic rings. The molecule has 12 heavy (non-hydrogen) atoms. The van der Waals surface area contributed by atoms with Gasteiger partial charge in [-0.25, -0.2) is 0 Å². The van der Waals surface area contributed by atoms with Crippen LogP contribution in [0.2, 0.25) is 0 Å². The number of hydrogen-bond donors (Lipinski definition) is 2. The largest absolute Gasteiger partial charge is 0.511 e. The van der Waals surface area contributed by atoms with Gasteiger partial charge in [-0.15, -0.1) is 0 Å². The number of amides is 1. The molecule has 2 N–H and O–H groups in total. The average Bonchev–Trinajstić information content (AvgIpc) is 2.07. The zero-order valence-corrected chi connectivity index (χ0v) is 7.55. The first-order valence-electron chi connectivity index (χ1n) is 4.34. The van der Waals surface area contributed by atoms with Gasteiger partial charge in [0.05, 0.1) is 5.57 Å². The molecule has 1 atom stereocenters. The summed E-state index contributed by atoms with van der Waals surface area (Å²) in [6, 6.07) is 0. The summed E-state index contributed by atoms with van der Waals surface area (Å²) < 4.78 is 0. The first-order valence-corrected chi connectivity index (χ1v) is 4.34. The number of aliphatic hydroxyl groups excluding tert-OH is 1. The molecular weight excluding hydrogens is 154 g/mol. The van der Waals surface area contributed by atoms with Crippen LogP contribution in [0.1, 0.15) is 26.7 Å². The van der Waals surface area contributed by atoms with Crippen LogP contribution in [-0.4, -0.2) is 17.6 Å². The van der Waals surface area contributed by atoms with Gasteiger partial charge in [-0.05, 0) is 13.3 Å². The maximum atomic E-state index is 11.0. The molecule has 0 spiro atoms. The summed E-state index contributed by atoms with van der Waals surface area (Å²) in [4.78, 5) is 11.0. The van der Waals surface area contributed by atoms with E-state index in [1.165, 1.54) is 0 Å². The Kier molecular flexibility index (Phi) is 2.74. The maximum absolute atomic E-state index is 11.0. The molecule has 1 aliphatic heterocycles. The van der Waals surface area contributed by atoms with Crippen LogP contribution in [0.25, 0.3) is 0 Å². The van der Waals surface area contributed by atoms with Crippen LogP contribution in [0.3, 0.4) is 0 Å². The lowest BCUT2D eigenvalue weighted by Gasteiger charge is -2.23. The quantitative estimate of drug-likeness (QED) is 0.655. The van der Waals surface area contributed by atoms with Crippen LogP contribution in [-0.2, 0) is 4.79 Å². The Balaban J connectivity index is 2.76. The van der Waals surface area contributed by atoms with Crippen LogP contribution in [0.15, 0.2) is 11.3 Å². The summed E-state index contributed by atoms with van der Waals surface area (Å²) in [6.07, 6.45) is 1.96. The lowest BCUT2D eigenvalue weighted by Crippen LogP contribution is -2.36. The molecule has 0 fully saturated rings. The van der Waals surface area contributed by atoms with Crippen LogP contribution in [0, 0.1) is 5.92 Å². The lowest BCUT2D eigenvalue weighted by molar-refractivity contribution is -0.118. The summed E-state index contributed by atoms with van der Waals surface area (Å²) in [5.41, 5.74) is 0.472. The van der Waals surface area contributed by atoms with Gasteiger partial charge >= 0.3 is 0 Å². The van der Waals surface area contributed by atoms with Crippen molar-refractivity contribution in [1.82, 2.24) is 5.32 Å². The molecule has 1 rings (SSSR count). The Morgan fingerprint density at radius 2 is 2.33 bits per heavy atom. The van der Waals surface area contributed by atoms with Crippen molar-refractivity contribution in [3.8, 4) is 0 Å². The minimum absolute atomic E-state index is 0.132. The van der Waals surface area contributed by atoms with Crippen LogP contribution >= 0.6 is 0 Å². The Morgan fingerprint density at radius 1 is 1.67 bits per heavy atom. The van der Waals surface area contributed by atoms with Crippen molar-refractivity contribution in [1.29, 1.82) is 0 Å². The van der Waals surface area contributed by atoms with E-state index in [2.05, 4.69) is 12.2 Å². The zero-order valence-electron chi connectivity index (χ0n) is 7.55. The highest BCUT2D eigenvalue weighted by Gasteiger charge is 2.24.